The van der Waals surface area contributed by atoms with E-state index in [1.54, 1.807) is 4.90 Å². The quantitative estimate of drug-likeness (QED) is 0.484. The summed E-state index contributed by atoms with van der Waals surface area (Å²) in [7, 11) is 0. The molecule has 3 N–H and O–H groups in total. The van der Waals surface area contributed by atoms with Gasteiger partial charge in [-0.15, -0.1) is 0 Å². The lowest BCUT2D eigenvalue weighted by atomic mass is 9.77. The van der Waals surface area contributed by atoms with Gasteiger partial charge >= 0.3 is 12.0 Å². The Kier molecular flexibility index (Phi) is 8.29. The van der Waals surface area contributed by atoms with Crippen molar-refractivity contribution >= 4 is 23.4 Å². The van der Waals surface area contributed by atoms with Gasteiger partial charge in [-0.25, -0.2) is 0 Å². The number of nitrogen functional groups attached to an aromatic ring is 1. The van der Waals surface area contributed by atoms with Gasteiger partial charge in [-0.3, -0.25) is 9.59 Å². The molecule has 5 rings (SSSR count). The summed E-state index contributed by atoms with van der Waals surface area (Å²) >= 11 is 0. The minimum absolute atomic E-state index is 0.0642. The molecule has 0 bridgehead atoms. The van der Waals surface area contributed by atoms with Crippen LogP contribution >= 0.6 is 0 Å². The normalized spacial score (nSPS) is 22.3. The minimum Gasteiger partial charge on any atom is -0.481 e. The number of carbonyl (C=O) groups is 2. The van der Waals surface area contributed by atoms with Crippen molar-refractivity contribution < 1.29 is 24.2 Å². The van der Waals surface area contributed by atoms with E-state index in [2.05, 4.69) is 22.1 Å². The van der Waals surface area contributed by atoms with Crippen molar-refractivity contribution in [1.82, 2.24) is 9.97 Å². The fourth-order valence-electron chi connectivity index (χ4n) is 6.19. The van der Waals surface area contributed by atoms with Crippen molar-refractivity contribution in [3.8, 4) is 11.9 Å². The molecule has 0 unspecified atom stereocenters. The molecule has 2 heterocycles. The number of amides is 1. The van der Waals surface area contributed by atoms with Crippen molar-refractivity contribution in [2.75, 3.05) is 30.4 Å². The Labute approximate surface area is 223 Å². The van der Waals surface area contributed by atoms with E-state index in [9.17, 15) is 9.59 Å². The fraction of sp³-hybridized carbons (Fsp3) is 0.586. The number of nitrogens with two attached hydrogens (primary N) is 1. The number of aromatic nitrogens is 2. The molecule has 38 heavy (non-hydrogen) atoms. The number of carboxylic acids is 1. The van der Waals surface area contributed by atoms with Crippen molar-refractivity contribution in [3.05, 3.63) is 35.4 Å². The highest BCUT2D eigenvalue weighted by atomic mass is 16.5. The summed E-state index contributed by atoms with van der Waals surface area (Å²) in [6, 6.07) is 8.21. The topological polar surface area (TPSA) is 128 Å². The zero-order valence-electron chi connectivity index (χ0n) is 21.9. The zero-order chi connectivity index (χ0) is 26.5. The first kappa shape index (κ1) is 26.3. The summed E-state index contributed by atoms with van der Waals surface area (Å²) in [6.45, 7) is 1.18. The molecule has 204 valence electrons. The largest absolute Gasteiger partial charge is 0.481 e. The van der Waals surface area contributed by atoms with Crippen LogP contribution in [-0.2, 0) is 4.79 Å². The van der Waals surface area contributed by atoms with E-state index in [0.29, 0.717) is 25.0 Å². The molecule has 0 saturated heterocycles. The molecule has 2 saturated carbocycles. The second kappa shape index (κ2) is 12.0. The van der Waals surface area contributed by atoms with E-state index >= 15 is 0 Å². The number of carboxylic acid groups (broad SMARTS) is 1. The molecule has 1 aromatic heterocycles. The Balaban J connectivity index is 1.22. The number of rotatable bonds is 8. The lowest BCUT2D eigenvalue weighted by molar-refractivity contribution is -0.138. The number of ether oxygens (including phenoxy) is 2. The smallest absolute Gasteiger partial charge is 0.321 e. The summed E-state index contributed by atoms with van der Waals surface area (Å²) in [6.07, 6.45) is 11.5. The van der Waals surface area contributed by atoms with Crippen molar-refractivity contribution in [3.63, 3.8) is 0 Å². The molecule has 0 radical (unpaired) electrons. The average molecular weight is 523 g/mol. The molecule has 3 aliphatic rings. The van der Waals surface area contributed by atoms with E-state index in [0.717, 1.165) is 37.8 Å². The van der Waals surface area contributed by atoms with Crippen LogP contribution in [0, 0.1) is 11.8 Å². The summed E-state index contributed by atoms with van der Waals surface area (Å²) in [5.41, 5.74) is 8.38. The van der Waals surface area contributed by atoms with Gasteiger partial charge in [-0.1, -0.05) is 44.2 Å². The Morgan fingerprint density at radius 2 is 1.76 bits per heavy atom. The minimum atomic E-state index is -0.713. The first-order chi connectivity index (χ1) is 18.5. The van der Waals surface area contributed by atoms with Gasteiger partial charge in [0, 0.05) is 12.1 Å². The standard InChI is InChI=1S/C29H38N4O5/c30-26-25-27(32-29(31-26)38-16-14-19-4-2-1-3-5-19)37-17-15-33(28(25)36)23-12-10-22(11-13-23)21-8-6-20(7-9-21)18-24(34)35/h10-13,19-21H,1-9,14-18H2,(H,34,35)(H2,30,31,32). The van der Waals surface area contributed by atoms with Crippen LogP contribution < -0.4 is 20.1 Å². The summed E-state index contributed by atoms with van der Waals surface area (Å²) in [4.78, 5) is 34.8. The van der Waals surface area contributed by atoms with Gasteiger partial charge in [0.25, 0.3) is 5.91 Å². The predicted molar refractivity (Wildman–Crippen MR) is 144 cm³/mol. The Morgan fingerprint density at radius 1 is 1.03 bits per heavy atom. The SMILES string of the molecule is Nc1nc(OCCC2CCCCC2)nc2c1C(=O)N(c1ccc(C3CCC(CC(=O)O)CC3)cc1)CCO2. The molecule has 1 aromatic carbocycles. The number of nitrogens with zero attached hydrogens (tertiary/aromatic N) is 3. The highest BCUT2D eigenvalue weighted by Gasteiger charge is 2.30. The second-order valence-electron chi connectivity index (χ2n) is 10.9. The van der Waals surface area contributed by atoms with E-state index in [1.807, 2.05) is 12.1 Å². The van der Waals surface area contributed by atoms with E-state index in [1.165, 1.54) is 37.7 Å². The first-order valence-electron chi connectivity index (χ1n) is 14.0. The highest BCUT2D eigenvalue weighted by Crippen LogP contribution is 2.38. The zero-order valence-corrected chi connectivity index (χ0v) is 21.9. The first-order valence-corrected chi connectivity index (χ1v) is 14.0. The van der Waals surface area contributed by atoms with Gasteiger partial charge in [0.05, 0.1) is 13.2 Å². The van der Waals surface area contributed by atoms with Crippen LogP contribution in [0.2, 0.25) is 0 Å². The van der Waals surface area contributed by atoms with Gasteiger partial charge in [0.1, 0.15) is 18.0 Å². The Bertz CT molecular complexity index is 1120. The third kappa shape index (κ3) is 6.19. The Hall–Kier alpha value is -3.36. The van der Waals surface area contributed by atoms with E-state index < -0.39 is 5.97 Å². The number of hydrogen-bond donors (Lipinski definition) is 2. The maximum Gasteiger partial charge on any atom is 0.321 e. The number of anilines is 2. The van der Waals surface area contributed by atoms with E-state index in [-0.39, 0.29) is 48.1 Å². The van der Waals surface area contributed by atoms with Gasteiger partial charge < -0.3 is 25.2 Å². The molecule has 2 aromatic rings. The summed E-state index contributed by atoms with van der Waals surface area (Å²) in [5.74, 6) is 0.612. The van der Waals surface area contributed by atoms with Gasteiger partial charge in [0.2, 0.25) is 5.88 Å². The monoisotopic (exact) mass is 522 g/mol. The van der Waals surface area contributed by atoms with Gasteiger partial charge in [-0.2, -0.15) is 9.97 Å². The molecule has 2 fully saturated rings. The molecular formula is C29H38N4O5. The third-order valence-corrected chi connectivity index (χ3v) is 8.36. The highest BCUT2D eigenvalue weighted by molar-refractivity contribution is 6.10. The molecule has 1 amide bonds. The lowest BCUT2D eigenvalue weighted by Crippen LogP contribution is -2.32. The second-order valence-corrected chi connectivity index (χ2v) is 10.9. The van der Waals surface area contributed by atoms with Crippen molar-refractivity contribution in [1.29, 1.82) is 0 Å². The molecule has 9 heteroatoms. The number of benzene rings is 1. The lowest BCUT2D eigenvalue weighted by Gasteiger charge is -2.28. The fourth-order valence-corrected chi connectivity index (χ4v) is 6.19. The van der Waals surface area contributed by atoms with Crippen LogP contribution in [0.3, 0.4) is 0 Å². The van der Waals surface area contributed by atoms with Crippen LogP contribution in [-0.4, -0.2) is 46.7 Å². The maximum absolute atomic E-state index is 13.5. The van der Waals surface area contributed by atoms with E-state index in [4.69, 9.17) is 20.3 Å². The third-order valence-electron chi connectivity index (χ3n) is 8.36. The van der Waals surface area contributed by atoms with Crippen molar-refractivity contribution in [2.45, 2.75) is 76.5 Å². The number of aliphatic carboxylic acids is 1. The number of carbonyl (C=O) groups excluding carboxylic acids is 1. The van der Waals surface area contributed by atoms with Crippen LogP contribution in [0.15, 0.2) is 24.3 Å². The van der Waals surface area contributed by atoms with Crippen LogP contribution in [0.1, 0.15) is 92.5 Å². The van der Waals surface area contributed by atoms with Crippen LogP contribution in [0.5, 0.6) is 11.9 Å². The Morgan fingerprint density at radius 3 is 2.47 bits per heavy atom. The predicted octanol–water partition coefficient (Wildman–Crippen LogP) is 5.20. The molecule has 1 aliphatic heterocycles. The van der Waals surface area contributed by atoms with Crippen molar-refractivity contribution in [2.24, 2.45) is 11.8 Å². The molecule has 9 nitrogen and oxygen atoms in total. The summed E-state index contributed by atoms with van der Waals surface area (Å²) < 4.78 is 11.6. The van der Waals surface area contributed by atoms with Crippen LogP contribution in [0.25, 0.3) is 0 Å². The van der Waals surface area contributed by atoms with Gasteiger partial charge in [-0.05, 0) is 67.6 Å². The molecular weight excluding hydrogens is 484 g/mol. The molecule has 0 spiro atoms. The van der Waals surface area contributed by atoms with Gasteiger partial charge in [0.15, 0.2) is 0 Å². The molecule has 2 aliphatic carbocycles. The molecule has 0 atom stereocenters. The average Bonchev–Trinajstić information content (AvgIpc) is 3.08. The number of hydrogen-bond acceptors (Lipinski definition) is 7. The number of fused-ring (bicyclic) bond motifs is 1. The maximum atomic E-state index is 13.5. The van der Waals surface area contributed by atoms with Crippen LogP contribution in [0.4, 0.5) is 11.5 Å². The summed E-state index contributed by atoms with van der Waals surface area (Å²) in [5, 5.41) is 9.05.